The van der Waals surface area contributed by atoms with E-state index in [0.717, 1.165) is 24.3 Å². The van der Waals surface area contributed by atoms with Gasteiger partial charge in [-0.15, -0.1) is 0 Å². The van der Waals surface area contributed by atoms with Crippen LogP contribution in [0.3, 0.4) is 0 Å². The predicted octanol–water partition coefficient (Wildman–Crippen LogP) is 2.71. The fourth-order valence-corrected chi connectivity index (χ4v) is 2.85. The first-order valence-electron chi connectivity index (χ1n) is 4.87. The molecule has 0 bridgehead atoms. The zero-order valence-corrected chi connectivity index (χ0v) is 7.73. The van der Waals surface area contributed by atoms with E-state index in [1.165, 1.54) is 19.3 Å². The Morgan fingerprint density at radius 2 is 2.25 bits per heavy atom. The van der Waals surface area contributed by atoms with Crippen LogP contribution in [0.1, 0.15) is 39.0 Å². The monoisotopic (exact) mass is 164 g/mol. The third-order valence-electron chi connectivity index (χ3n) is 3.66. The maximum Gasteiger partial charge on any atom is 0.158 e. The fraction of sp³-hybridized carbons (Fsp3) is 0.727. The zero-order valence-electron chi connectivity index (χ0n) is 7.73. The van der Waals surface area contributed by atoms with Crippen LogP contribution >= 0.6 is 0 Å². The van der Waals surface area contributed by atoms with Gasteiger partial charge in [-0.2, -0.15) is 0 Å². The number of Topliss-reactive ketones (excluding diaryl/α,β-unsaturated/α-hetero) is 1. The molecule has 0 aromatic rings. The van der Waals surface area contributed by atoms with Gasteiger partial charge in [-0.1, -0.05) is 13.5 Å². The van der Waals surface area contributed by atoms with Crippen molar-refractivity contribution in [1.82, 2.24) is 0 Å². The van der Waals surface area contributed by atoms with Gasteiger partial charge < -0.3 is 0 Å². The normalized spacial score (nSPS) is 41.6. The Balaban J connectivity index is 2.23. The van der Waals surface area contributed by atoms with Crippen molar-refractivity contribution in [3.63, 3.8) is 0 Å². The van der Waals surface area contributed by atoms with E-state index in [2.05, 4.69) is 13.5 Å². The molecule has 0 aliphatic heterocycles. The standard InChI is InChI=1S/C11H16O/c1-8-3-5-11(7-8)6-4-10(12)9(11)2/h8H,2-7H2,1H3/t8-,11+/m1/s1. The molecule has 0 N–H and O–H groups in total. The molecular weight excluding hydrogens is 148 g/mol. The summed E-state index contributed by atoms with van der Waals surface area (Å²) in [6, 6.07) is 0. The molecule has 0 unspecified atom stereocenters. The molecule has 12 heavy (non-hydrogen) atoms. The van der Waals surface area contributed by atoms with Crippen molar-refractivity contribution in [2.24, 2.45) is 11.3 Å². The second-order valence-electron chi connectivity index (χ2n) is 4.53. The van der Waals surface area contributed by atoms with Gasteiger partial charge in [-0.25, -0.2) is 0 Å². The van der Waals surface area contributed by atoms with Gasteiger partial charge in [-0.05, 0) is 42.6 Å². The number of allylic oxidation sites excluding steroid dienone is 1. The third kappa shape index (κ3) is 0.954. The van der Waals surface area contributed by atoms with Gasteiger partial charge in [0.2, 0.25) is 0 Å². The molecule has 0 radical (unpaired) electrons. The van der Waals surface area contributed by atoms with Gasteiger partial charge in [0.05, 0.1) is 0 Å². The molecule has 66 valence electrons. The average molecular weight is 164 g/mol. The van der Waals surface area contributed by atoms with Crippen molar-refractivity contribution in [2.45, 2.75) is 39.0 Å². The van der Waals surface area contributed by atoms with E-state index in [-0.39, 0.29) is 5.41 Å². The molecule has 0 saturated heterocycles. The number of hydrogen-bond donors (Lipinski definition) is 0. The van der Waals surface area contributed by atoms with E-state index < -0.39 is 0 Å². The van der Waals surface area contributed by atoms with Crippen molar-refractivity contribution >= 4 is 5.78 Å². The smallest absolute Gasteiger partial charge is 0.158 e. The summed E-state index contributed by atoms with van der Waals surface area (Å²) < 4.78 is 0. The lowest BCUT2D eigenvalue weighted by molar-refractivity contribution is -0.114. The molecule has 0 amide bonds. The molecule has 2 fully saturated rings. The summed E-state index contributed by atoms with van der Waals surface area (Å²) in [5.41, 5.74) is 1.18. The lowest BCUT2D eigenvalue weighted by atomic mass is 9.80. The van der Waals surface area contributed by atoms with Crippen LogP contribution in [0, 0.1) is 11.3 Å². The summed E-state index contributed by atoms with van der Waals surface area (Å²) in [5, 5.41) is 0. The van der Waals surface area contributed by atoms with Gasteiger partial charge in [0.1, 0.15) is 0 Å². The van der Waals surface area contributed by atoms with E-state index in [9.17, 15) is 4.79 Å². The highest BCUT2D eigenvalue weighted by Gasteiger charge is 2.45. The first-order chi connectivity index (χ1) is 5.64. The number of hydrogen-bond acceptors (Lipinski definition) is 1. The minimum atomic E-state index is 0.247. The molecule has 0 aromatic heterocycles. The molecule has 2 aliphatic carbocycles. The van der Waals surface area contributed by atoms with Crippen molar-refractivity contribution in [1.29, 1.82) is 0 Å². The zero-order chi connectivity index (χ0) is 8.77. The van der Waals surface area contributed by atoms with Gasteiger partial charge in [0.25, 0.3) is 0 Å². The topological polar surface area (TPSA) is 17.1 Å². The highest BCUT2D eigenvalue weighted by atomic mass is 16.1. The van der Waals surface area contributed by atoms with Crippen LogP contribution in [0.2, 0.25) is 0 Å². The van der Waals surface area contributed by atoms with Crippen LogP contribution in [0.4, 0.5) is 0 Å². The highest BCUT2D eigenvalue weighted by molar-refractivity contribution is 5.98. The molecule has 1 nitrogen and oxygen atoms in total. The van der Waals surface area contributed by atoms with Crippen molar-refractivity contribution in [3.8, 4) is 0 Å². The molecule has 2 saturated carbocycles. The Kier molecular flexibility index (Phi) is 1.64. The van der Waals surface area contributed by atoms with E-state index in [1.54, 1.807) is 0 Å². The second-order valence-corrected chi connectivity index (χ2v) is 4.53. The van der Waals surface area contributed by atoms with Crippen LogP contribution in [0.15, 0.2) is 12.2 Å². The van der Waals surface area contributed by atoms with E-state index >= 15 is 0 Å². The molecule has 1 heteroatoms. The van der Waals surface area contributed by atoms with Crippen molar-refractivity contribution in [3.05, 3.63) is 12.2 Å². The summed E-state index contributed by atoms with van der Waals surface area (Å²) in [6.07, 6.45) is 5.53. The average Bonchev–Trinajstić information content (AvgIpc) is 2.53. The van der Waals surface area contributed by atoms with Crippen LogP contribution in [-0.4, -0.2) is 5.78 Å². The molecule has 1 spiro atoms. The van der Waals surface area contributed by atoms with Gasteiger partial charge in [-0.3, -0.25) is 4.79 Å². The van der Waals surface area contributed by atoms with Crippen LogP contribution in [-0.2, 0) is 4.79 Å². The Morgan fingerprint density at radius 1 is 1.50 bits per heavy atom. The minimum Gasteiger partial charge on any atom is -0.295 e. The maximum absolute atomic E-state index is 11.3. The predicted molar refractivity (Wildman–Crippen MR) is 48.8 cm³/mol. The maximum atomic E-state index is 11.3. The SMILES string of the molecule is C=C1C(=O)CC[C@]12CC[C@@H](C)C2. The Labute approximate surface area is 73.8 Å². The summed E-state index contributed by atoms with van der Waals surface area (Å²) in [4.78, 5) is 11.3. The number of rotatable bonds is 0. The van der Waals surface area contributed by atoms with Gasteiger partial charge in [0, 0.05) is 6.42 Å². The van der Waals surface area contributed by atoms with Crippen molar-refractivity contribution < 1.29 is 4.79 Å². The molecule has 0 heterocycles. The lowest BCUT2D eigenvalue weighted by Crippen LogP contribution is -2.15. The highest BCUT2D eigenvalue weighted by Crippen LogP contribution is 2.53. The largest absolute Gasteiger partial charge is 0.295 e. The third-order valence-corrected chi connectivity index (χ3v) is 3.66. The summed E-state index contributed by atoms with van der Waals surface area (Å²) in [5.74, 6) is 1.12. The van der Waals surface area contributed by atoms with E-state index in [1.807, 2.05) is 0 Å². The molecule has 2 rings (SSSR count). The Morgan fingerprint density at radius 3 is 2.67 bits per heavy atom. The Hall–Kier alpha value is -0.590. The summed E-state index contributed by atoms with van der Waals surface area (Å²) >= 11 is 0. The van der Waals surface area contributed by atoms with Crippen molar-refractivity contribution in [2.75, 3.05) is 0 Å². The molecule has 0 aromatic carbocycles. The summed E-state index contributed by atoms with van der Waals surface area (Å²) in [7, 11) is 0. The van der Waals surface area contributed by atoms with Gasteiger partial charge in [0.15, 0.2) is 5.78 Å². The summed E-state index contributed by atoms with van der Waals surface area (Å²) in [6.45, 7) is 6.24. The Bertz CT molecular complexity index is 241. The molecule has 2 atom stereocenters. The quantitative estimate of drug-likeness (QED) is 0.503. The molecule has 2 aliphatic rings. The first-order valence-corrected chi connectivity index (χ1v) is 4.87. The number of carbonyl (C=O) groups is 1. The number of carbonyl (C=O) groups excluding carboxylic acids is 1. The number of ketones is 1. The van der Waals surface area contributed by atoms with Crippen LogP contribution < -0.4 is 0 Å². The van der Waals surface area contributed by atoms with Crippen LogP contribution in [0.25, 0.3) is 0 Å². The van der Waals surface area contributed by atoms with E-state index in [4.69, 9.17) is 0 Å². The second kappa shape index (κ2) is 2.45. The molecular formula is C11H16O. The van der Waals surface area contributed by atoms with Gasteiger partial charge >= 0.3 is 0 Å². The van der Waals surface area contributed by atoms with E-state index in [0.29, 0.717) is 5.78 Å². The lowest BCUT2D eigenvalue weighted by Gasteiger charge is -2.23. The van der Waals surface area contributed by atoms with Crippen LogP contribution in [0.5, 0.6) is 0 Å². The first kappa shape index (κ1) is 8.03. The minimum absolute atomic E-state index is 0.247. The fourth-order valence-electron chi connectivity index (χ4n) is 2.85.